The molecule has 0 aliphatic carbocycles. The molecule has 0 amide bonds. The minimum absolute atomic E-state index is 0.00186. The molecule has 1 fully saturated rings. The molecule has 18 heavy (non-hydrogen) atoms. The van der Waals surface area contributed by atoms with Crippen LogP contribution in [0.15, 0.2) is 24.3 Å². The van der Waals surface area contributed by atoms with E-state index >= 15 is 0 Å². The Bertz CT molecular complexity index is 387. The fourth-order valence-corrected chi connectivity index (χ4v) is 4.13. The molecule has 1 saturated heterocycles. The number of nitrogens with zero attached hydrogens (tertiary/aromatic N) is 1. The summed E-state index contributed by atoms with van der Waals surface area (Å²) in [4.78, 5) is 0. The summed E-state index contributed by atoms with van der Waals surface area (Å²) in [5, 5.41) is 0. The fourth-order valence-electron chi connectivity index (χ4n) is 2.06. The van der Waals surface area contributed by atoms with E-state index in [4.69, 9.17) is 21.5 Å². The third-order valence-electron chi connectivity index (χ3n) is 3.26. The van der Waals surface area contributed by atoms with Gasteiger partial charge in [-0.2, -0.15) is 0 Å². The molecular formula is C13H20ClN2OP. The first-order chi connectivity index (χ1) is 8.58. The maximum Gasteiger partial charge on any atom is 0.208 e. The second kappa shape index (κ2) is 6.31. The van der Waals surface area contributed by atoms with Gasteiger partial charge >= 0.3 is 0 Å². The molecule has 1 unspecified atom stereocenters. The SMILES string of the molecule is Cc1ccc([C@@H](C)OP(Cl)N2CCC[C@H]2N)cc1. The highest BCUT2D eigenvalue weighted by atomic mass is 35.7. The lowest BCUT2D eigenvalue weighted by atomic mass is 10.1. The van der Waals surface area contributed by atoms with Crippen molar-refractivity contribution in [2.75, 3.05) is 6.54 Å². The van der Waals surface area contributed by atoms with Gasteiger partial charge in [-0.05, 0) is 43.5 Å². The molecule has 1 aromatic carbocycles. The van der Waals surface area contributed by atoms with E-state index in [-0.39, 0.29) is 12.3 Å². The minimum Gasteiger partial charge on any atom is -0.324 e. The van der Waals surface area contributed by atoms with Crippen molar-refractivity contribution in [3.05, 3.63) is 35.4 Å². The van der Waals surface area contributed by atoms with Crippen LogP contribution in [0.4, 0.5) is 0 Å². The number of aryl methyl sites for hydroxylation is 1. The van der Waals surface area contributed by atoms with Gasteiger partial charge in [-0.25, -0.2) is 4.67 Å². The Morgan fingerprint density at radius 2 is 2.11 bits per heavy atom. The van der Waals surface area contributed by atoms with Crippen molar-refractivity contribution in [2.24, 2.45) is 5.73 Å². The van der Waals surface area contributed by atoms with Gasteiger partial charge in [0.2, 0.25) is 7.65 Å². The average molecular weight is 287 g/mol. The average Bonchev–Trinajstić information content (AvgIpc) is 2.76. The Labute approximate surface area is 115 Å². The molecule has 2 N–H and O–H groups in total. The zero-order valence-corrected chi connectivity index (χ0v) is 12.5. The Morgan fingerprint density at radius 3 is 2.67 bits per heavy atom. The molecule has 100 valence electrons. The second-order valence-corrected chi connectivity index (χ2v) is 6.80. The number of halogens is 1. The van der Waals surface area contributed by atoms with Crippen molar-refractivity contribution in [2.45, 2.75) is 39.0 Å². The van der Waals surface area contributed by atoms with Gasteiger partial charge in [0, 0.05) is 6.54 Å². The standard InChI is InChI=1S/C13H20ClN2OP/c1-10-5-7-12(8-6-10)11(2)17-18(14)16-9-3-4-13(16)15/h5-8,11,13H,3-4,9,15H2,1-2H3/t11-,13+,18?/m1/s1. The van der Waals surface area contributed by atoms with Crippen molar-refractivity contribution in [3.63, 3.8) is 0 Å². The summed E-state index contributed by atoms with van der Waals surface area (Å²) >= 11 is 6.35. The molecular weight excluding hydrogens is 267 g/mol. The lowest BCUT2D eigenvalue weighted by Gasteiger charge is -2.27. The predicted octanol–water partition coefficient (Wildman–Crippen LogP) is 3.92. The van der Waals surface area contributed by atoms with E-state index in [0.717, 1.165) is 24.9 Å². The normalized spacial score (nSPS) is 24.1. The molecule has 1 heterocycles. The van der Waals surface area contributed by atoms with Gasteiger partial charge in [-0.1, -0.05) is 29.8 Å². The van der Waals surface area contributed by atoms with Crippen LogP contribution in [0, 0.1) is 6.92 Å². The summed E-state index contributed by atoms with van der Waals surface area (Å²) < 4.78 is 7.98. The second-order valence-electron chi connectivity index (χ2n) is 4.76. The highest BCUT2D eigenvalue weighted by Gasteiger charge is 2.29. The van der Waals surface area contributed by atoms with Gasteiger partial charge in [0.05, 0.1) is 12.3 Å². The van der Waals surface area contributed by atoms with Gasteiger partial charge in [0.1, 0.15) is 0 Å². The van der Waals surface area contributed by atoms with Gasteiger partial charge in [0.15, 0.2) is 0 Å². The summed E-state index contributed by atoms with van der Waals surface area (Å²) in [7, 11) is -1.11. The Kier molecular flexibility index (Phi) is 4.99. The number of hydrogen-bond acceptors (Lipinski definition) is 3. The van der Waals surface area contributed by atoms with E-state index in [1.165, 1.54) is 5.56 Å². The van der Waals surface area contributed by atoms with Crippen molar-refractivity contribution < 1.29 is 4.52 Å². The minimum atomic E-state index is -1.11. The third-order valence-corrected chi connectivity index (χ3v) is 5.48. The van der Waals surface area contributed by atoms with Crippen molar-refractivity contribution in [1.29, 1.82) is 0 Å². The smallest absolute Gasteiger partial charge is 0.208 e. The largest absolute Gasteiger partial charge is 0.324 e. The maximum atomic E-state index is 6.35. The van der Waals surface area contributed by atoms with Crippen LogP contribution in [0.25, 0.3) is 0 Å². The first-order valence-electron chi connectivity index (χ1n) is 6.29. The van der Waals surface area contributed by atoms with Gasteiger partial charge in [-0.15, -0.1) is 0 Å². The van der Waals surface area contributed by atoms with E-state index in [1.807, 2.05) is 6.92 Å². The van der Waals surface area contributed by atoms with Crippen molar-refractivity contribution >= 4 is 18.9 Å². The molecule has 5 heteroatoms. The Hall–Kier alpha value is -0.180. The van der Waals surface area contributed by atoms with Gasteiger partial charge in [0.25, 0.3) is 0 Å². The number of hydrogen-bond donors (Lipinski definition) is 1. The number of nitrogens with two attached hydrogens (primary N) is 1. The van der Waals surface area contributed by atoms with E-state index in [1.54, 1.807) is 0 Å². The molecule has 0 aromatic heterocycles. The molecule has 1 aliphatic rings. The quantitative estimate of drug-likeness (QED) is 0.853. The van der Waals surface area contributed by atoms with Gasteiger partial charge < -0.3 is 10.3 Å². The van der Waals surface area contributed by atoms with Crippen molar-refractivity contribution in [1.82, 2.24) is 4.67 Å². The predicted molar refractivity (Wildman–Crippen MR) is 77.4 cm³/mol. The van der Waals surface area contributed by atoms with Crippen LogP contribution in [-0.4, -0.2) is 17.4 Å². The monoisotopic (exact) mass is 286 g/mol. The van der Waals surface area contributed by atoms with Gasteiger partial charge in [-0.3, -0.25) is 0 Å². The molecule has 1 aliphatic heterocycles. The van der Waals surface area contributed by atoms with Crippen molar-refractivity contribution in [3.8, 4) is 0 Å². The fraction of sp³-hybridized carbons (Fsp3) is 0.538. The molecule has 3 nitrogen and oxygen atoms in total. The zero-order valence-electron chi connectivity index (χ0n) is 10.8. The summed E-state index contributed by atoms with van der Waals surface area (Å²) in [5.74, 6) is 0. The summed E-state index contributed by atoms with van der Waals surface area (Å²) in [6.07, 6.45) is 2.17. The summed E-state index contributed by atoms with van der Waals surface area (Å²) in [5.41, 5.74) is 8.40. The lowest BCUT2D eigenvalue weighted by molar-refractivity contribution is 0.232. The van der Waals surface area contributed by atoms with Crippen LogP contribution in [0.2, 0.25) is 0 Å². The molecule has 1 aromatic rings. The number of benzene rings is 1. The Morgan fingerprint density at radius 1 is 1.44 bits per heavy atom. The molecule has 0 saturated carbocycles. The molecule has 3 atom stereocenters. The van der Waals surface area contributed by atoms with Crippen LogP contribution in [0.5, 0.6) is 0 Å². The molecule has 0 bridgehead atoms. The van der Waals surface area contributed by atoms with E-state index in [2.05, 4.69) is 35.9 Å². The molecule has 2 rings (SSSR count). The van der Waals surface area contributed by atoms with E-state index in [9.17, 15) is 0 Å². The van der Waals surface area contributed by atoms with Crippen LogP contribution in [0.1, 0.15) is 37.0 Å². The summed E-state index contributed by atoms with van der Waals surface area (Å²) in [6, 6.07) is 8.36. The highest BCUT2D eigenvalue weighted by molar-refractivity contribution is 7.78. The molecule has 0 radical (unpaired) electrons. The highest BCUT2D eigenvalue weighted by Crippen LogP contribution is 2.52. The number of rotatable bonds is 4. The first-order valence-corrected chi connectivity index (χ1v) is 8.41. The Balaban J connectivity index is 1.94. The molecule has 0 spiro atoms. The van der Waals surface area contributed by atoms with E-state index < -0.39 is 7.65 Å². The van der Waals surface area contributed by atoms with Crippen LogP contribution in [-0.2, 0) is 4.52 Å². The first kappa shape index (κ1) is 14.2. The summed E-state index contributed by atoms with van der Waals surface area (Å²) in [6.45, 7) is 5.05. The maximum absolute atomic E-state index is 6.35. The zero-order chi connectivity index (χ0) is 13.1. The topological polar surface area (TPSA) is 38.5 Å². The lowest BCUT2D eigenvalue weighted by Crippen LogP contribution is -2.32. The van der Waals surface area contributed by atoms with Crippen LogP contribution < -0.4 is 5.73 Å². The van der Waals surface area contributed by atoms with E-state index in [0.29, 0.717) is 0 Å². The van der Waals surface area contributed by atoms with Crippen LogP contribution in [0.3, 0.4) is 0 Å². The van der Waals surface area contributed by atoms with Crippen LogP contribution >= 0.6 is 18.9 Å². The third kappa shape index (κ3) is 3.43.